The molecular formula is C13H17N3O5. The third-order valence-corrected chi connectivity index (χ3v) is 2.75. The summed E-state index contributed by atoms with van der Waals surface area (Å²) in [5, 5.41) is 11.2. The number of nitrogens with two attached hydrogens (primary N) is 1. The molecule has 3 amide bonds. The Morgan fingerprint density at radius 2 is 2.00 bits per heavy atom. The second kappa shape index (κ2) is 7.13. The van der Waals surface area contributed by atoms with Gasteiger partial charge in [0, 0.05) is 7.05 Å². The van der Waals surface area contributed by atoms with Gasteiger partial charge < -0.3 is 20.9 Å². The average molecular weight is 295 g/mol. The van der Waals surface area contributed by atoms with Crippen LogP contribution < -0.4 is 20.7 Å². The topological polar surface area (TPSA) is 122 Å². The lowest BCUT2D eigenvalue weighted by Gasteiger charge is -2.22. The van der Waals surface area contributed by atoms with E-state index in [-0.39, 0.29) is 0 Å². The zero-order chi connectivity index (χ0) is 16.0. The van der Waals surface area contributed by atoms with Crippen LogP contribution in [-0.4, -0.2) is 43.2 Å². The second-order valence-corrected chi connectivity index (χ2v) is 4.24. The van der Waals surface area contributed by atoms with Gasteiger partial charge in [-0.15, -0.1) is 0 Å². The molecule has 8 nitrogen and oxygen atoms in total. The van der Waals surface area contributed by atoms with Gasteiger partial charge in [-0.05, 0) is 12.1 Å². The van der Waals surface area contributed by atoms with Crippen molar-refractivity contribution in [2.45, 2.75) is 12.5 Å². The molecule has 1 rings (SSSR count). The Morgan fingerprint density at radius 3 is 2.52 bits per heavy atom. The van der Waals surface area contributed by atoms with Crippen LogP contribution in [0.1, 0.15) is 6.42 Å². The Kier molecular flexibility index (Phi) is 5.53. The van der Waals surface area contributed by atoms with E-state index in [2.05, 4.69) is 5.32 Å². The van der Waals surface area contributed by atoms with E-state index < -0.39 is 30.4 Å². The van der Waals surface area contributed by atoms with Gasteiger partial charge in [0.1, 0.15) is 11.8 Å². The summed E-state index contributed by atoms with van der Waals surface area (Å²) in [6.07, 6.45) is -0.485. The third-order valence-electron chi connectivity index (χ3n) is 2.75. The number of aliphatic carboxylic acids is 1. The molecule has 114 valence electrons. The van der Waals surface area contributed by atoms with Crippen LogP contribution in [0.4, 0.5) is 10.5 Å². The number of primary amides is 1. The number of amides is 3. The number of hydrogen-bond donors (Lipinski definition) is 3. The van der Waals surface area contributed by atoms with Gasteiger partial charge in [0.05, 0.1) is 19.2 Å². The van der Waals surface area contributed by atoms with Crippen molar-refractivity contribution in [1.82, 2.24) is 5.32 Å². The molecule has 0 radical (unpaired) electrons. The molecule has 0 saturated carbocycles. The van der Waals surface area contributed by atoms with E-state index in [1.165, 1.54) is 19.1 Å². The molecular weight excluding hydrogens is 278 g/mol. The number of hydrogen-bond acceptors (Lipinski definition) is 4. The maximum absolute atomic E-state index is 12.1. The lowest BCUT2D eigenvalue weighted by atomic mass is 10.2. The minimum Gasteiger partial charge on any atom is -0.495 e. The van der Waals surface area contributed by atoms with Crippen molar-refractivity contribution in [3.8, 4) is 5.75 Å². The number of carbonyl (C=O) groups is 3. The fourth-order valence-electron chi connectivity index (χ4n) is 1.66. The van der Waals surface area contributed by atoms with Crippen molar-refractivity contribution >= 4 is 23.6 Å². The van der Waals surface area contributed by atoms with Crippen LogP contribution in [-0.2, 0) is 9.59 Å². The highest BCUT2D eigenvalue weighted by Crippen LogP contribution is 2.26. The summed E-state index contributed by atoms with van der Waals surface area (Å²) in [6, 6.07) is 4.68. The summed E-state index contributed by atoms with van der Waals surface area (Å²) in [6.45, 7) is 0. The van der Waals surface area contributed by atoms with E-state index in [1.807, 2.05) is 0 Å². The van der Waals surface area contributed by atoms with E-state index >= 15 is 0 Å². The zero-order valence-corrected chi connectivity index (χ0v) is 11.7. The van der Waals surface area contributed by atoms with Gasteiger partial charge in [-0.25, -0.2) is 9.59 Å². The summed E-state index contributed by atoms with van der Waals surface area (Å²) in [5.41, 5.74) is 5.41. The van der Waals surface area contributed by atoms with E-state index in [0.717, 1.165) is 0 Å². The fraction of sp³-hybridized carbons (Fsp3) is 0.308. The number of anilines is 1. The highest BCUT2D eigenvalue weighted by Gasteiger charge is 2.24. The maximum atomic E-state index is 12.1. The van der Waals surface area contributed by atoms with Gasteiger partial charge >= 0.3 is 12.0 Å². The number of carboxylic acid groups (broad SMARTS) is 1. The van der Waals surface area contributed by atoms with Gasteiger partial charge in [0.2, 0.25) is 5.91 Å². The predicted octanol–water partition coefficient (Wildman–Crippen LogP) is 0.170. The molecule has 1 atom stereocenters. The smallest absolute Gasteiger partial charge is 0.326 e. The highest BCUT2D eigenvalue weighted by atomic mass is 16.5. The number of ether oxygens (including phenoxy) is 1. The van der Waals surface area contributed by atoms with Crippen molar-refractivity contribution in [2.24, 2.45) is 5.73 Å². The first-order valence-corrected chi connectivity index (χ1v) is 6.05. The van der Waals surface area contributed by atoms with Crippen LogP contribution in [0.2, 0.25) is 0 Å². The SMILES string of the molecule is COc1ccccc1N(C)C(=O)N[C@@H](CC(N)=O)C(=O)O. The minimum atomic E-state index is -1.38. The molecule has 0 aromatic heterocycles. The maximum Gasteiger partial charge on any atom is 0.326 e. The molecule has 0 aliphatic heterocycles. The standard InChI is InChI=1S/C13H17N3O5/c1-16(9-5-3-4-6-10(9)21-2)13(20)15-8(12(18)19)7-11(14)17/h3-6,8H,7H2,1-2H3,(H2,14,17)(H,15,20)(H,18,19)/t8-/m0/s1. The second-order valence-electron chi connectivity index (χ2n) is 4.24. The molecule has 1 aromatic carbocycles. The molecule has 1 aromatic rings. The Bertz CT molecular complexity index is 546. The molecule has 0 fully saturated rings. The summed E-state index contributed by atoms with van der Waals surface area (Å²) in [7, 11) is 2.91. The van der Waals surface area contributed by atoms with Crippen molar-refractivity contribution in [3.05, 3.63) is 24.3 Å². The molecule has 0 saturated heterocycles. The van der Waals surface area contributed by atoms with Gasteiger partial charge in [-0.1, -0.05) is 12.1 Å². The Hall–Kier alpha value is -2.77. The number of rotatable bonds is 6. The number of methoxy groups -OCH3 is 1. The van der Waals surface area contributed by atoms with Crippen LogP contribution in [0, 0.1) is 0 Å². The average Bonchev–Trinajstić information content (AvgIpc) is 2.45. The molecule has 0 aliphatic carbocycles. The Labute approximate surface area is 121 Å². The fourth-order valence-corrected chi connectivity index (χ4v) is 1.66. The first-order valence-electron chi connectivity index (χ1n) is 6.05. The lowest BCUT2D eigenvalue weighted by molar-refractivity contribution is -0.140. The van der Waals surface area contributed by atoms with Gasteiger partial charge in [0.15, 0.2) is 0 Å². The molecule has 0 aliphatic rings. The monoisotopic (exact) mass is 295 g/mol. The van der Waals surface area contributed by atoms with Crippen molar-refractivity contribution in [1.29, 1.82) is 0 Å². The van der Waals surface area contributed by atoms with E-state index in [1.54, 1.807) is 24.3 Å². The number of urea groups is 1. The van der Waals surface area contributed by atoms with Gasteiger partial charge in [-0.2, -0.15) is 0 Å². The molecule has 0 heterocycles. The first-order chi connectivity index (χ1) is 9.86. The Morgan fingerprint density at radius 1 is 1.38 bits per heavy atom. The van der Waals surface area contributed by atoms with Crippen molar-refractivity contribution in [3.63, 3.8) is 0 Å². The van der Waals surface area contributed by atoms with E-state index in [4.69, 9.17) is 15.6 Å². The number of nitrogens with zero attached hydrogens (tertiary/aromatic N) is 1. The summed E-state index contributed by atoms with van der Waals surface area (Å²) < 4.78 is 5.12. The highest BCUT2D eigenvalue weighted by molar-refractivity contribution is 5.96. The molecule has 0 bridgehead atoms. The quantitative estimate of drug-likeness (QED) is 0.690. The summed E-state index contributed by atoms with van der Waals surface area (Å²) in [4.78, 5) is 35.0. The number of benzene rings is 1. The summed E-state index contributed by atoms with van der Waals surface area (Å²) >= 11 is 0. The van der Waals surface area contributed by atoms with Crippen LogP contribution >= 0.6 is 0 Å². The summed E-state index contributed by atoms with van der Waals surface area (Å²) in [5.74, 6) is -1.70. The van der Waals surface area contributed by atoms with Crippen molar-refractivity contribution in [2.75, 3.05) is 19.1 Å². The number of carbonyl (C=O) groups excluding carboxylic acids is 2. The normalized spacial score (nSPS) is 11.3. The lowest BCUT2D eigenvalue weighted by Crippen LogP contribution is -2.48. The number of nitrogens with one attached hydrogen (secondary N) is 1. The van der Waals surface area contributed by atoms with Crippen LogP contribution in [0.25, 0.3) is 0 Å². The molecule has 0 spiro atoms. The molecule has 21 heavy (non-hydrogen) atoms. The van der Waals surface area contributed by atoms with Crippen LogP contribution in [0.3, 0.4) is 0 Å². The van der Waals surface area contributed by atoms with E-state index in [9.17, 15) is 14.4 Å². The van der Waals surface area contributed by atoms with E-state index in [0.29, 0.717) is 11.4 Å². The zero-order valence-electron chi connectivity index (χ0n) is 11.7. The van der Waals surface area contributed by atoms with Crippen LogP contribution in [0.15, 0.2) is 24.3 Å². The van der Waals surface area contributed by atoms with Crippen LogP contribution in [0.5, 0.6) is 5.75 Å². The first kappa shape index (κ1) is 16.3. The molecule has 4 N–H and O–H groups in total. The third kappa shape index (κ3) is 4.37. The predicted molar refractivity (Wildman–Crippen MR) is 75.2 cm³/mol. The molecule has 8 heteroatoms. The number of para-hydroxylation sites is 2. The minimum absolute atomic E-state index is 0.455. The molecule has 0 unspecified atom stereocenters. The largest absolute Gasteiger partial charge is 0.495 e. The van der Waals surface area contributed by atoms with Gasteiger partial charge in [-0.3, -0.25) is 9.69 Å². The Balaban J connectivity index is 2.86. The van der Waals surface area contributed by atoms with Crippen molar-refractivity contribution < 1.29 is 24.2 Å². The number of carboxylic acids is 1. The van der Waals surface area contributed by atoms with Gasteiger partial charge in [0.25, 0.3) is 0 Å².